The number of rotatable bonds is 5. The molecule has 2 aromatic rings. The van der Waals surface area contributed by atoms with Gasteiger partial charge in [0.1, 0.15) is 17.0 Å². The lowest BCUT2D eigenvalue weighted by molar-refractivity contribution is -0.144. The standard InChI is InChI=1S/C14H19N3O2S/c1-5-10-6-11-12(15-8-16-13(11)20-10)17(3)7-9(2)14(18)19-4/h6,8-9H,5,7H2,1-4H3. The monoisotopic (exact) mass is 293 g/mol. The van der Waals surface area contributed by atoms with Gasteiger partial charge in [0.05, 0.1) is 18.4 Å². The second-order valence-electron chi connectivity index (χ2n) is 4.79. The number of ether oxygens (including phenoxy) is 1. The lowest BCUT2D eigenvalue weighted by Gasteiger charge is -2.21. The molecule has 6 heteroatoms. The Morgan fingerprint density at radius 3 is 2.90 bits per heavy atom. The second kappa shape index (κ2) is 6.17. The number of nitrogens with zero attached hydrogens (tertiary/aromatic N) is 3. The van der Waals surface area contributed by atoms with E-state index in [1.54, 1.807) is 17.7 Å². The number of hydrogen-bond donors (Lipinski definition) is 0. The third-order valence-electron chi connectivity index (χ3n) is 3.22. The van der Waals surface area contributed by atoms with Crippen LogP contribution in [0.15, 0.2) is 12.4 Å². The summed E-state index contributed by atoms with van der Waals surface area (Å²) in [5.74, 6) is 0.461. The second-order valence-corrected chi connectivity index (χ2v) is 5.90. The zero-order chi connectivity index (χ0) is 14.7. The number of carbonyl (C=O) groups is 1. The molecule has 2 aromatic heterocycles. The van der Waals surface area contributed by atoms with Crippen molar-refractivity contribution in [3.05, 3.63) is 17.3 Å². The van der Waals surface area contributed by atoms with E-state index in [9.17, 15) is 4.79 Å². The van der Waals surface area contributed by atoms with Crippen molar-refractivity contribution in [3.63, 3.8) is 0 Å². The third-order valence-corrected chi connectivity index (χ3v) is 4.41. The topological polar surface area (TPSA) is 55.3 Å². The van der Waals surface area contributed by atoms with E-state index >= 15 is 0 Å². The highest BCUT2D eigenvalue weighted by atomic mass is 32.1. The van der Waals surface area contributed by atoms with Gasteiger partial charge in [-0.05, 0) is 12.5 Å². The van der Waals surface area contributed by atoms with Gasteiger partial charge in [0.15, 0.2) is 0 Å². The van der Waals surface area contributed by atoms with Crippen molar-refractivity contribution in [3.8, 4) is 0 Å². The molecule has 1 atom stereocenters. The third kappa shape index (κ3) is 2.90. The maximum Gasteiger partial charge on any atom is 0.310 e. The van der Waals surface area contributed by atoms with Crippen LogP contribution in [0.25, 0.3) is 10.2 Å². The molecule has 1 unspecified atom stereocenters. The van der Waals surface area contributed by atoms with Crippen LogP contribution in [0.3, 0.4) is 0 Å². The molecule has 0 saturated carbocycles. The molecule has 0 aromatic carbocycles. The number of fused-ring (bicyclic) bond motifs is 1. The van der Waals surface area contributed by atoms with Crippen molar-refractivity contribution in [2.75, 3.05) is 25.6 Å². The van der Waals surface area contributed by atoms with Crippen molar-refractivity contribution in [1.82, 2.24) is 9.97 Å². The van der Waals surface area contributed by atoms with Crippen LogP contribution in [0.2, 0.25) is 0 Å². The highest BCUT2D eigenvalue weighted by Crippen LogP contribution is 2.30. The van der Waals surface area contributed by atoms with E-state index in [0.717, 1.165) is 22.5 Å². The van der Waals surface area contributed by atoms with Crippen molar-refractivity contribution in [2.24, 2.45) is 5.92 Å². The molecule has 0 aliphatic rings. The molecule has 0 bridgehead atoms. The summed E-state index contributed by atoms with van der Waals surface area (Å²) in [6, 6.07) is 2.13. The van der Waals surface area contributed by atoms with Crippen LogP contribution in [0.1, 0.15) is 18.7 Å². The first-order chi connectivity index (χ1) is 9.56. The van der Waals surface area contributed by atoms with Crippen LogP contribution in [-0.4, -0.2) is 36.6 Å². The van der Waals surface area contributed by atoms with E-state index in [1.165, 1.54) is 12.0 Å². The Hall–Kier alpha value is -1.69. The van der Waals surface area contributed by atoms with Gasteiger partial charge in [-0.15, -0.1) is 11.3 Å². The predicted octanol–water partition coefficient (Wildman–Crippen LogP) is 2.50. The van der Waals surface area contributed by atoms with Crippen molar-refractivity contribution in [1.29, 1.82) is 0 Å². The molecule has 0 fully saturated rings. The highest BCUT2D eigenvalue weighted by molar-refractivity contribution is 7.18. The number of aromatic nitrogens is 2. The van der Waals surface area contributed by atoms with Crippen LogP contribution in [0.4, 0.5) is 5.82 Å². The normalized spacial score (nSPS) is 12.4. The number of methoxy groups -OCH3 is 1. The first-order valence-corrected chi connectivity index (χ1v) is 7.40. The molecule has 0 radical (unpaired) electrons. The summed E-state index contributed by atoms with van der Waals surface area (Å²) >= 11 is 1.69. The average molecular weight is 293 g/mol. The smallest absolute Gasteiger partial charge is 0.310 e. The predicted molar refractivity (Wildman–Crippen MR) is 81.2 cm³/mol. The first-order valence-electron chi connectivity index (χ1n) is 6.59. The maximum absolute atomic E-state index is 11.5. The molecule has 0 amide bonds. The summed E-state index contributed by atoms with van der Waals surface area (Å²) in [6.45, 7) is 4.54. The van der Waals surface area contributed by atoms with E-state index in [0.29, 0.717) is 6.54 Å². The first kappa shape index (κ1) is 14.7. The molecule has 108 valence electrons. The number of anilines is 1. The molecule has 2 heterocycles. The van der Waals surface area contributed by atoms with Crippen LogP contribution < -0.4 is 4.90 Å². The fraction of sp³-hybridized carbons (Fsp3) is 0.500. The quantitative estimate of drug-likeness (QED) is 0.793. The Balaban J connectivity index is 2.27. The molecular formula is C14H19N3O2S. The molecule has 20 heavy (non-hydrogen) atoms. The van der Waals surface area contributed by atoms with Gasteiger partial charge in [0.2, 0.25) is 0 Å². The van der Waals surface area contributed by atoms with Crippen molar-refractivity contribution >= 4 is 33.3 Å². The highest BCUT2D eigenvalue weighted by Gasteiger charge is 2.18. The maximum atomic E-state index is 11.5. The minimum absolute atomic E-state index is 0.195. The van der Waals surface area contributed by atoms with Crippen LogP contribution in [0.5, 0.6) is 0 Å². The lowest BCUT2D eigenvalue weighted by atomic mass is 10.1. The minimum Gasteiger partial charge on any atom is -0.469 e. The zero-order valence-corrected chi connectivity index (χ0v) is 13.0. The summed E-state index contributed by atoms with van der Waals surface area (Å²) < 4.78 is 4.76. The van der Waals surface area contributed by atoms with E-state index in [4.69, 9.17) is 4.74 Å². The molecular weight excluding hydrogens is 274 g/mol. The van der Waals surface area contributed by atoms with Gasteiger partial charge in [-0.3, -0.25) is 4.79 Å². The van der Waals surface area contributed by atoms with Gasteiger partial charge in [0, 0.05) is 18.5 Å². The summed E-state index contributed by atoms with van der Waals surface area (Å²) in [6.07, 6.45) is 2.57. The minimum atomic E-state index is -0.207. The van der Waals surface area contributed by atoms with E-state index in [1.807, 2.05) is 18.9 Å². The molecule has 5 nitrogen and oxygen atoms in total. The number of carbonyl (C=O) groups excluding carboxylic acids is 1. The number of thiophene rings is 1. The van der Waals surface area contributed by atoms with Crippen LogP contribution in [-0.2, 0) is 16.0 Å². The average Bonchev–Trinajstić information content (AvgIpc) is 2.88. The SMILES string of the molecule is CCc1cc2c(N(C)CC(C)C(=O)OC)ncnc2s1. The Kier molecular flexibility index (Phi) is 4.54. The summed E-state index contributed by atoms with van der Waals surface area (Å²) in [5.41, 5.74) is 0. The molecule has 0 aliphatic heterocycles. The summed E-state index contributed by atoms with van der Waals surface area (Å²) in [5, 5.41) is 1.05. The molecule has 0 aliphatic carbocycles. The van der Waals surface area contributed by atoms with Gasteiger partial charge < -0.3 is 9.64 Å². The van der Waals surface area contributed by atoms with Crippen molar-refractivity contribution < 1.29 is 9.53 Å². The van der Waals surface area contributed by atoms with Crippen LogP contribution in [0, 0.1) is 5.92 Å². The summed E-state index contributed by atoms with van der Waals surface area (Å²) in [4.78, 5) is 24.4. The Morgan fingerprint density at radius 1 is 1.50 bits per heavy atom. The van der Waals surface area contributed by atoms with E-state index < -0.39 is 0 Å². The van der Waals surface area contributed by atoms with Gasteiger partial charge in [0.25, 0.3) is 0 Å². The molecule has 0 spiro atoms. The van der Waals surface area contributed by atoms with Gasteiger partial charge in [-0.25, -0.2) is 9.97 Å². The largest absolute Gasteiger partial charge is 0.469 e. The fourth-order valence-electron chi connectivity index (χ4n) is 2.14. The van der Waals surface area contributed by atoms with E-state index in [-0.39, 0.29) is 11.9 Å². The van der Waals surface area contributed by atoms with Crippen LogP contribution >= 0.6 is 11.3 Å². The fourth-order valence-corrected chi connectivity index (χ4v) is 3.07. The Bertz CT molecular complexity index is 611. The Morgan fingerprint density at radius 2 is 2.25 bits per heavy atom. The Labute approximate surface area is 122 Å². The molecule has 0 N–H and O–H groups in total. The summed E-state index contributed by atoms with van der Waals surface area (Å²) in [7, 11) is 3.35. The number of esters is 1. The number of aryl methyl sites for hydroxylation is 1. The molecule has 0 saturated heterocycles. The van der Waals surface area contributed by atoms with Crippen molar-refractivity contribution in [2.45, 2.75) is 20.3 Å². The van der Waals surface area contributed by atoms with Gasteiger partial charge in [-0.2, -0.15) is 0 Å². The van der Waals surface area contributed by atoms with Gasteiger partial charge in [-0.1, -0.05) is 13.8 Å². The van der Waals surface area contributed by atoms with E-state index in [2.05, 4.69) is 23.0 Å². The molecule has 2 rings (SSSR count). The lowest BCUT2D eigenvalue weighted by Crippen LogP contribution is -2.29. The zero-order valence-electron chi connectivity index (χ0n) is 12.2. The number of hydrogen-bond acceptors (Lipinski definition) is 6. The van der Waals surface area contributed by atoms with Gasteiger partial charge >= 0.3 is 5.97 Å².